The fourth-order valence-corrected chi connectivity index (χ4v) is 8.26. The van der Waals surface area contributed by atoms with E-state index >= 15 is 0 Å². The molecule has 0 aliphatic carbocycles. The van der Waals surface area contributed by atoms with Crippen molar-refractivity contribution in [3.63, 3.8) is 0 Å². The third kappa shape index (κ3) is 18.8. The molecule has 9 heteroatoms. The van der Waals surface area contributed by atoms with Crippen LogP contribution >= 0.6 is 0 Å². The largest absolute Gasteiger partial charge is 0.367 e. The Morgan fingerprint density at radius 2 is 0.986 bits per heavy atom. The van der Waals surface area contributed by atoms with Gasteiger partial charge in [0.1, 0.15) is 5.52 Å². The first-order valence-electron chi connectivity index (χ1n) is 27.7. The van der Waals surface area contributed by atoms with Crippen LogP contribution in [0.1, 0.15) is 177 Å². The van der Waals surface area contributed by atoms with Gasteiger partial charge < -0.3 is 18.9 Å². The Labute approximate surface area is 445 Å². The van der Waals surface area contributed by atoms with E-state index in [1.54, 1.807) is 12.4 Å². The van der Waals surface area contributed by atoms with Crippen LogP contribution in [0.15, 0.2) is 134 Å². The number of anilines is 2. The van der Waals surface area contributed by atoms with Crippen LogP contribution in [0.2, 0.25) is 0 Å². The van der Waals surface area contributed by atoms with Gasteiger partial charge in [-0.3, -0.25) is 14.6 Å². The molecule has 0 fully saturated rings. The smallest absolute Gasteiger partial charge is 0.108 e. The predicted molar refractivity (Wildman–Crippen MR) is 324 cm³/mol. The van der Waals surface area contributed by atoms with E-state index in [9.17, 15) is 0 Å². The maximum absolute atomic E-state index is 4.35. The molecule has 5 aromatic heterocycles. The van der Waals surface area contributed by atoms with Crippen molar-refractivity contribution in [1.82, 2.24) is 33.9 Å². The maximum atomic E-state index is 4.35. The number of fused-ring (bicyclic) bond motifs is 5. The lowest BCUT2D eigenvalue weighted by Gasteiger charge is -2.34. The highest BCUT2D eigenvalue weighted by Crippen LogP contribution is 2.33. The molecule has 0 unspecified atom stereocenters. The summed E-state index contributed by atoms with van der Waals surface area (Å²) in [6.45, 7) is 51.0. The molecule has 0 atom stereocenters. The van der Waals surface area contributed by atoms with Crippen LogP contribution in [-0.2, 0) is 23.9 Å². The van der Waals surface area contributed by atoms with Crippen molar-refractivity contribution in [3.8, 4) is 0 Å². The molecule has 0 amide bonds. The van der Waals surface area contributed by atoms with Crippen molar-refractivity contribution < 1.29 is 0 Å². The molecule has 0 bridgehead atoms. The summed E-state index contributed by atoms with van der Waals surface area (Å²) in [6, 6.07) is 36.7. The second kappa shape index (κ2) is 32.3. The molecule has 3 aromatic carbocycles. The topological polar surface area (TPSA) is 72.8 Å². The highest BCUT2D eigenvalue weighted by molar-refractivity contribution is 5.80. The number of benzene rings is 3. The van der Waals surface area contributed by atoms with Crippen molar-refractivity contribution in [2.75, 3.05) is 22.9 Å². The lowest BCUT2D eigenvalue weighted by Crippen LogP contribution is -2.40. The minimum absolute atomic E-state index is 0.107. The van der Waals surface area contributed by atoms with E-state index < -0.39 is 0 Å². The third-order valence-electron chi connectivity index (χ3n) is 11.4. The Bertz CT molecular complexity index is 2590. The molecule has 73 heavy (non-hydrogen) atoms. The molecule has 8 aromatic rings. The number of aromatic nitrogens is 7. The molecule has 2 aliphatic rings. The minimum Gasteiger partial charge on any atom is -0.367 e. The SMILES string of the molecule is CC.CC.CC.CC.CC.CC(C)(C)N1CCc2ccccc21.CC(C)(C)n1ccc2ccccc21.CC(C)(C)n1cnc2ccccc21.CC(C)N1CCc2ncccc21.CC(C)n1ncc2ncccc21. The fourth-order valence-electron chi connectivity index (χ4n) is 8.26. The van der Waals surface area contributed by atoms with Crippen LogP contribution < -0.4 is 9.80 Å². The molecule has 402 valence electrons. The summed E-state index contributed by atoms with van der Waals surface area (Å²) in [5.41, 5.74) is 11.7. The van der Waals surface area contributed by atoms with E-state index in [2.05, 4.69) is 202 Å². The van der Waals surface area contributed by atoms with Crippen LogP contribution in [0.25, 0.3) is 33.0 Å². The van der Waals surface area contributed by atoms with Gasteiger partial charge >= 0.3 is 0 Å². The van der Waals surface area contributed by atoms with Gasteiger partial charge in [0.25, 0.3) is 0 Å². The fraction of sp³-hybridized carbons (Fsp3) is 0.500. The van der Waals surface area contributed by atoms with Gasteiger partial charge in [0.05, 0.1) is 40.5 Å². The first-order chi connectivity index (χ1) is 34.8. The molecular formula is C64H101N9. The van der Waals surface area contributed by atoms with Crippen molar-refractivity contribution in [3.05, 3.63) is 146 Å². The van der Waals surface area contributed by atoms with Gasteiger partial charge in [-0.15, -0.1) is 0 Å². The Kier molecular flexibility index (Phi) is 28.8. The summed E-state index contributed by atoms with van der Waals surface area (Å²) >= 11 is 0. The summed E-state index contributed by atoms with van der Waals surface area (Å²) in [7, 11) is 0. The number of pyridine rings is 2. The molecule has 0 saturated carbocycles. The molecular weight excluding hydrogens is 895 g/mol. The van der Waals surface area contributed by atoms with Crippen molar-refractivity contribution in [2.45, 2.75) is 201 Å². The zero-order valence-electron chi connectivity index (χ0n) is 50.2. The second-order valence-corrected chi connectivity index (χ2v) is 20.0. The van der Waals surface area contributed by atoms with E-state index in [0.29, 0.717) is 12.1 Å². The molecule has 0 saturated heterocycles. The highest BCUT2D eigenvalue weighted by Gasteiger charge is 2.27. The minimum atomic E-state index is 0.107. The van der Waals surface area contributed by atoms with Gasteiger partial charge in [0.2, 0.25) is 0 Å². The van der Waals surface area contributed by atoms with Crippen LogP contribution in [0.5, 0.6) is 0 Å². The van der Waals surface area contributed by atoms with Crippen LogP contribution in [0, 0.1) is 0 Å². The molecule has 10 rings (SSSR count). The van der Waals surface area contributed by atoms with Crippen molar-refractivity contribution in [1.29, 1.82) is 0 Å². The van der Waals surface area contributed by atoms with E-state index in [0.717, 1.165) is 29.5 Å². The Balaban J connectivity index is 0.000000437. The van der Waals surface area contributed by atoms with Crippen LogP contribution in [0.4, 0.5) is 11.4 Å². The number of hydrogen-bond acceptors (Lipinski definition) is 6. The first-order valence-corrected chi connectivity index (χ1v) is 27.7. The summed E-state index contributed by atoms with van der Waals surface area (Å²) in [5, 5.41) is 5.57. The molecule has 0 spiro atoms. The molecule has 0 N–H and O–H groups in total. The summed E-state index contributed by atoms with van der Waals surface area (Å²) in [6.07, 6.45) is 11.8. The molecule has 0 radical (unpaired) electrons. The maximum Gasteiger partial charge on any atom is 0.108 e. The highest BCUT2D eigenvalue weighted by atomic mass is 15.3. The summed E-state index contributed by atoms with van der Waals surface area (Å²) in [4.78, 5) is 17.8. The lowest BCUT2D eigenvalue weighted by molar-refractivity contribution is 0.408. The average Bonchev–Trinajstić information content (AvgIpc) is 4.26. The van der Waals surface area contributed by atoms with Crippen LogP contribution in [-0.4, -0.2) is 58.5 Å². The average molecular weight is 997 g/mol. The third-order valence-corrected chi connectivity index (χ3v) is 11.4. The number of para-hydroxylation sites is 4. The van der Waals surface area contributed by atoms with Gasteiger partial charge in [-0.2, -0.15) is 5.10 Å². The zero-order valence-corrected chi connectivity index (χ0v) is 50.2. The van der Waals surface area contributed by atoms with E-state index in [1.165, 1.54) is 52.0 Å². The quantitative estimate of drug-likeness (QED) is 0.172. The van der Waals surface area contributed by atoms with Gasteiger partial charge in [0, 0.05) is 78.0 Å². The molecule has 9 nitrogen and oxygen atoms in total. The van der Waals surface area contributed by atoms with Crippen molar-refractivity contribution >= 4 is 44.3 Å². The number of nitrogens with zero attached hydrogens (tertiary/aromatic N) is 9. The van der Waals surface area contributed by atoms with E-state index in [4.69, 9.17) is 0 Å². The Morgan fingerprint density at radius 3 is 1.59 bits per heavy atom. The molecule has 2 aliphatic heterocycles. The normalized spacial score (nSPS) is 12.0. The van der Waals surface area contributed by atoms with Gasteiger partial charge in [0.15, 0.2) is 0 Å². The van der Waals surface area contributed by atoms with Gasteiger partial charge in [-0.25, -0.2) is 4.98 Å². The summed E-state index contributed by atoms with van der Waals surface area (Å²) in [5.74, 6) is 0. The summed E-state index contributed by atoms with van der Waals surface area (Å²) < 4.78 is 6.48. The van der Waals surface area contributed by atoms with Gasteiger partial charge in [-0.05, 0) is 162 Å². The van der Waals surface area contributed by atoms with Crippen molar-refractivity contribution in [2.24, 2.45) is 0 Å². The van der Waals surface area contributed by atoms with E-state index in [1.807, 2.05) is 123 Å². The number of rotatable bonds is 2. The Hall–Kier alpha value is -5.96. The molecule has 7 heterocycles. The van der Waals surface area contributed by atoms with Gasteiger partial charge in [-0.1, -0.05) is 118 Å². The monoisotopic (exact) mass is 996 g/mol. The zero-order chi connectivity index (χ0) is 55.5. The number of hydrogen-bond donors (Lipinski definition) is 0. The predicted octanol–water partition coefficient (Wildman–Crippen LogP) is 18.0. The second-order valence-electron chi connectivity index (χ2n) is 20.0. The lowest BCUT2D eigenvalue weighted by atomic mass is 10.1. The number of imidazole rings is 1. The Morgan fingerprint density at radius 1 is 0.452 bits per heavy atom. The standard InChI is InChI=1S/C12H17N.C12H15N.C11H14N2.C10H14N2.C9H11N3.5C2H6/c2*1-12(2,3)13-9-8-10-6-4-5-7-11(10)13;1-11(2,3)13-8-12-9-6-4-5-7-10(9)13;1-8(2)12-7-5-9-10(12)4-3-6-11-9;1-7(2)12-9-4-3-5-10-8(9)6-11-12;5*1-2/h4-7H,8-9H2,1-3H3;4-9H,1-3H3;4-8H,1-3H3;3-4,6,8H,5,7H2,1-2H3;3-7H,1-2H3;5*1-2H3. The van der Waals surface area contributed by atoms with E-state index in [-0.39, 0.29) is 16.6 Å². The first kappa shape index (κ1) is 65.1. The van der Waals surface area contributed by atoms with Crippen LogP contribution in [0.3, 0.4) is 0 Å².